The predicted octanol–water partition coefficient (Wildman–Crippen LogP) is 1.34. The molecule has 0 spiro atoms. The molecule has 6 nitrogen and oxygen atoms in total. The number of halogens is 1. The molecule has 0 aliphatic carbocycles. The Morgan fingerprint density at radius 3 is 2.45 bits per heavy atom. The van der Waals surface area contributed by atoms with Crippen molar-refractivity contribution in [2.45, 2.75) is 24.8 Å². The van der Waals surface area contributed by atoms with E-state index in [2.05, 4.69) is 15.9 Å². The van der Waals surface area contributed by atoms with Gasteiger partial charge in [0.15, 0.2) is 0 Å². The van der Waals surface area contributed by atoms with Crippen LogP contribution in [0.4, 0.5) is 0 Å². The van der Waals surface area contributed by atoms with Crippen molar-refractivity contribution >= 4 is 31.9 Å². The van der Waals surface area contributed by atoms with Crippen LogP contribution in [-0.2, 0) is 14.8 Å². The van der Waals surface area contributed by atoms with Gasteiger partial charge in [-0.3, -0.25) is 4.79 Å². The first-order chi connectivity index (χ1) is 9.20. The van der Waals surface area contributed by atoms with Crippen molar-refractivity contribution in [2.75, 3.05) is 13.7 Å². The Bertz CT molecular complexity index is 601. The molecule has 1 aromatic rings. The van der Waals surface area contributed by atoms with Crippen LogP contribution in [0.5, 0.6) is 5.75 Å². The van der Waals surface area contributed by atoms with Crippen LogP contribution >= 0.6 is 15.9 Å². The summed E-state index contributed by atoms with van der Waals surface area (Å²) in [5.74, 6) is -0.176. The molecule has 0 fully saturated rings. The highest BCUT2D eigenvalue weighted by Gasteiger charge is 2.28. The second kappa shape index (κ2) is 6.55. The third kappa shape index (κ3) is 3.71. The number of hydrogen-bond donors (Lipinski definition) is 1. The number of hydrogen-bond acceptors (Lipinski definition) is 4. The number of methoxy groups -OCH3 is 1. The molecule has 0 aliphatic heterocycles. The first-order valence-corrected chi connectivity index (χ1v) is 8.07. The molecule has 8 heteroatoms. The van der Waals surface area contributed by atoms with Gasteiger partial charge >= 0.3 is 0 Å². The highest BCUT2D eigenvalue weighted by Crippen LogP contribution is 2.29. The van der Waals surface area contributed by atoms with Crippen LogP contribution in [0.3, 0.4) is 0 Å². The van der Waals surface area contributed by atoms with E-state index < -0.39 is 15.9 Å². The summed E-state index contributed by atoms with van der Waals surface area (Å²) in [7, 11) is -2.31. The number of carbonyl (C=O) groups is 1. The van der Waals surface area contributed by atoms with Crippen LogP contribution in [0.1, 0.15) is 13.8 Å². The van der Waals surface area contributed by atoms with Crippen molar-refractivity contribution in [1.29, 1.82) is 0 Å². The average Bonchev–Trinajstić information content (AvgIpc) is 2.35. The van der Waals surface area contributed by atoms with Gasteiger partial charge in [-0.05, 0) is 48.0 Å². The number of nitrogens with two attached hydrogens (primary N) is 1. The Morgan fingerprint density at radius 1 is 1.45 bits per heavy atom. The van der Waals surface area contributed by atoms with Crippen LogP contribution in [-0.4, -0.2) is 38.3 Å². The van der Waals surface area contributed by atoms with Gasteiger partial charge in [0.1, 0.15) is 5.75 Å². The van der Waals surface area contributed by atoms with E-state index in [0.717, 1.165) is 4.31 Å². The van der Waals surface area contributed by atoms with E-state index in [-0.39, 0.29) is 17.5 Å². The first kappa shape index (κ1) is 16.9. The molecule has 0 bridgehead atoms. The van der Waals surface area contributed by atoms with E-state index in [1.54, 1.807) is 19.9 Å². The summed E-state index contributed by atoms with van der Waals surface area (Å²) in [6.07, 6.45) is 0. The predicted molar refractivity (Wildman–Crippen MR) is 78.9 cm³/mol. The lowest BCUT2D eigenvalue weighted by Gasteiger charge is -2.24. The molecule has 0 saturated heterocycles. The molecule has 0 saturated carbocycles. The minimum absolute atomic E-state index is 0.0696. The van der Waals surface area contributed by atoms with Crippen LogP contribution in [0.2, 0.25) is 0 Å². The molecule has 112 valence electrons. The summed E-state index contributed by atoms with van der Waals surface area (Å²) in [5, 5.41) is 0. The van der Waals surface area contributed by atoms with E-state index in [1.165, 1.54) is 19.2 Å². The largest absolute Gasteiger partial charge is 0.496 e. The van der Waals surface area contributed by atoms with Crippen LogP contribution in [0, 0.1) is 0 Å². The minimum Gasteiger partial charge on any atom is -0.496 e. The van der Waals surface area contributed by atoms with E-state index >= 15 is 0 Å². The van der Waals surface area contributed by atoms with E-state index in [1.807, 2.05) is 0 Å². The zero-order valence-electron chi connectivity index (χ0n) is 11.5. The SMILES string of the molecule is COc1ccc(S(=O)(=O)N(CC(N)=O)C(C)C)cc1Br. The van der Waals surface area contributed by atoms with Crippen molar-refractivity contribution in [2.24, 2.45) is 5.73 Å². The van der Waals surface area contributed by atoms with Crippen LogP contribution < -0.4 is 10.5 Å². The van der Waals surface area contributed by atoms with Gasteiger partial charge in [0.2, 0.25) is 15.9 Å². The first-order valence-electron chi connectivity index (χ1n) is 5.83. The molecule has 2 N–H and O–H groups in total. The van der Waals surface area contributed by atoms with Gasteiger partial charge < -0.3 is 10.5 Å². The lowest BCUT2D eigenvalue weighted by atomic mass is 10.3. The zero-order valence-corrected chi connectivity index (χ0v) is 13.9. The number of amides is 1. The van der Waals surface area contributed by atoms with Gasteiger partial charge in [-0.2, -0.15) is 4.31 Å². The molecular formula is C12H17BrN2O4S. The lowest BCUT2D eigenvalue weighted by Crippen LogP contribution is -2.42. The standard InChI is InChI=1S/C12H17BrN2O4S/c1-8(2)15(7-12(14)16)20(17,18)9-4-5-11(19-3)10(13)6-9/h4-6,8H,7H2,1-3H3,(H2,14,16). The van der Waals surface area contributed by atoms with E-state index in [0.29, 0.717) is 10.2 Å². The van der Waals surface area contributed by atoms with Crippen LogP contribution in [0.15, 0.2) is 27.6 Å². The molecule has 20 heavy (non-hydrogen) atoms. The van der Waals surface area contributed by atoms with Gasteiger partial charge in [0.25, 0.3) is 0 Å². The second-order valence-electron chi connectivity index (χ2n) is 4.41. The Hall–Kier alpha value is -1.12. The molecule has 1 aromatic carbocycles. The highest BCUT2D eigenvalue weighted by atomic mass is 79.9. The average molecular weight is 365 g/mol. The number of sulfonamides is 1. The fraction of sp³-hybridized carbons (Fsp3) is 0.417. The molecular weight excluding hydrogens is 348 g/mol. The molecule has 0 aromatic heterocycles. The second-order valence-corrected chi connectivity index (χ2v) is 7.15. The summed E-state index contributed by atoms with van der Waals surface area (Å²) < 4.78 is 31.7. The summed E-state index contributed by atoms with van der Waals surface area (Å²) in [6, 6.07) is 4.02. The fourth-order valence-corrected chi connectivity index (χ4v) is 3.96. The molecule has 0 unspecified atom stereocenters. The van der Waals surface area contributed by atoms with Gasteiger partial charge in [-0.25, -0.2) is 8.42 Å². The van der Waals surface area contributed by atoms with Gasteiger partial charge in [0, 0.05) is 6.04 Å². The quantitative estimate of drug-likeness (QED) is 0.824. The summed E-state index contributed by atoms with van der Waals surface area (Å²) >= 11 is 3.24. The Kier molecular flexibility index (Phi) is 5.55. The molecule has 1 rings (SSSR count). The smallest absolute Gasteiger partial charge is 0.243 e. The number of ether oxygens (including phenoxy) is 1. The van der Waals surface area contributed by atoms with Crippen molar-refractivity contribution in [3.05, 3.63) is 22.7 Å². The number of primary amides is 1. The Labute approximate surface area is 127 Å². The normalized spacial score (nSPS) is 11.9. The van der Waals surface area contributed by atoms with Gasteiger partial charge in [-0.1, -0.05) is 0 Å². The van der Waals surface area contributed by atoms with Crippen LogP contribution in [0.25, 0.3) is 0 Å². The summed E-state index contributed by atoms with van der Waals surface area (Å²) in [6.45, 7) is 3.00. The Balaban J connectivity index is 3.26. The fourth-order valence-electron chi connectivity index (χ4n) is 1.64. The molecule has 0 atom stereocenters. The summed E-state index contributed by atoms with van der Waals surface area (Å²) in [5.41, 5.74) is 5.11. The third-order valence-corrected chi connectivity index (χ3v) is 5.26. The topological polar surface area (TPSA) is 89.7 Å². The maximum Gasteiger partial charge on any atom is 0.243 e. The summed E-state index contributed by atoms with van der Waals surface area (Å²) in [4.78, 5) is 11.1. The van der Waals surface area contributed by atoms with E-state index in [9.17, 15) is 13.2 Å². The van der Waals surface area contributed by atoms with Crippen molar-refractivity contribution in [3.8, 4) is 5.75 Å². The van der Waals surface area contributed by atoms with E-state index in [4.69, 9.17) is 10.5 Å². The zero-order chi connectivity index (χ0) is 15.5. The monoisotopic (exact) mass is 364 g/mol. The maximum absolute atomic E-state index is 12.5. The highest BCUT2D eigenvalue weighted by molar-refractivity contribution is 9.10. The number of benzene rings is 1. The molecule has 0 radical (unpaired) electrons. The van der Waals surface area contributed by atoms with Crippen molar-refractivity contribution in [3.63, 3.8) is 0 Å². The van der Waals surface area contributed by atoms with Gasteiger partial charge in [-0.15, -0.1) is 0 Å². The molecule has 0 heterocycles. The maximum atomic E-state index is 12.5. The lowest BCUT2D eigenvalue weighted by molar-refractivity contribution is -0.118. The van der Waals surface area contributed by atoms with Crippen molar-refractivity contribution < 1.29 is 17.9 Å². The van der Waals surface area contributed by atoms with Crippen molar-refractivity contribution in [1.82, 2.24) is 4.31 Å². The number of rotatable bonds is 6. The number of carbonyl (C=O) groups excluding carboxylic acids is 1. The minimum atomic E-state index is -3.80. The third-order valence-electron chi connectivity index (χ3n) is 2.62. The van der Waals surface area contributed by atoms with Gasteiger partial charge in [0.05, 0.1) is 23.0 Å². The Morgan fingerprint density at radius 2 is 2.05 bits per heavy atom. The molecule has 0 aliphatic rings. The number of nitrogens with zero attached hydrogens (tertiary/aromatic N) is 1. The molecule has 1 amide bonds.